The molecule has 0 aromatic heterocycles. The molecule has 0 saturated carbocycles. The van der Waals surface area contributed by atoms with Crippen molar-refractivity contribution in [3.8, 4) is 0 Å². The largest absolute Gasteiger partial charge is 0.478 e. The summed E-state index contributed by atoms with van der Waals surface area (Å²) in [7, 11) is 0. The number of para-hydroxylation sites is 1. The van der Waals surface area contributed by atoms with Gasteiger partial charge in [-0.05, 0) is 31.4 Å². The number of aryl methyl sites for hydroxylation is 1. The number of ether oxygens (including phenoxy) is 1. The fraction of sp³-hybridized carbons (Fsp3) is 0.462. The first kappa shape index (κ1) is 11.9. The number of aromatic carboxylic acids is 1. The molecule has 4 nitrogen and oxygen atoms in total. The molecular formula is C13H17NO3. The van der Waals surface area contributed by atoms with Gasteiger partial charge in [-0.3, -0.25) is 0 Å². The van der Waals surface area contributed by atoms with E-state index in [0.717, 1.165) is 30.7 Å². The van der Waals surface area contributed by atoms with Crippen LogP contribution in [0.3, 0.4) is 0 Å². The topological polar surface area (TPSA) is 58.6 Å². The maximum Gasteiger partial charge on any atom is 0.337 e. The van der Waals surface area contributed by atoms with E-state index >= 15 is 0 Å². The van der Waals surface area contributed by atoms with E-state index in [4.69, 9.17) is 9.84 Å². The number of hydrogen-bond acceptors (Lipinski definition) is 3. The lowest BCUT2D eigenvalue weighted by atomic mass is 10.0. The first-order valence-corrected chi connectivity index (χ1v) is 5.85. The molecule has 1 heterocycles. The first-order valence-electron chi connectivity index (χ1n) is 5.85. The van der Waals surface area contributed by atoms with E-state index in [1.165, 1.54) is 0 Å². The zero-order valence-electron chi connectivity index (χ0n) is 9.90. The molecule has 0 amide bonds. The van der Waals surface area contributed by atoms with Crippen LogP contribution in [-0.2, 0) is 4.74 Å². The van der Waals surface area contributed by atoms with Crippen LogP contribution in [0.1, 0.15) is 28.8 Å². The molecule has 92 valence electrons. The number of anilines is 1. The van der Waals surface area contributed by atoms with Gasteiger partial charge in [0.2, 0.25) is 0 Å². The molecule has 1 aromatic carbocycles. The average molecular weight is 235 g/mol. The highest BCUT2D eigenvalue weighted by atomic mass is 16.5. The number of benzene rings is 1. The van der Waals surface area contributed by atoms with Gasteiger partial charge in [-0.2, -0.15) is 0 Å². The zero-order valence-corrected chi connectivity index (χ0v) is 9.90. The van der Waals surface area contributed by atoms with Crippen molar-refractivity contribution in [2.75, 3.05) is 18.5 Å². The molecule has 1 aromatic rings. The van der Waals surface area contributed by atoms with Gasteiger partial charge in [0, 0.05) is 12.6 Å². The lowest BCUT2D eigenvalue weighted by molar-refractivity contribution is 0.0696. The summed E-state index contributed by atoms with van der Waals surface area (Å²) in [5, 5.41) is 12.4. The minimum absolute atomic E-state index is 0.211. The predicted octanol–water partition coefficient (Wildman–Crippen LogP) is 2.28. The third kappa shape index (κ3) is 2.77. The Morgan fingerprint density at radius 2 is 2.35 bits per heavy atom. The molecule has 2 N–H and O–H groups in total. The molecule has 17 heavy (non-hydrogen) atoms. The fourth-order valence-corrected chi connectivity index (χ4v) is 2.10. The SMILES string of the molecule is Cc1cccc(C(=O)O)c1NC1CCCOC1. The van der Waals surface area contributed by atoms with Gasteiger partial charge < -0.3 is 15.2 Å². The van der Waals surface area contributed by atoms with Gasteiger partial charge in [0.1, 0.15) is 0 Å². The molecule has 1 fully saturated rings. The van der Waals surface area contributed by atoms with E-state index < -0.39 is 5.97 Å². The van der Waals surface area contributed by atoms with Gasteiger partial charge in [-0.25, -0.2) is 4.79 Å². The Morgan fingerprint density at radius 3 is 3.00 bits per heavy atom. The summed E-state index contributed by atoms with van der Waals surface area (Å²) in [4.78, 5) is 11.1. The number of hydrogen-bond donors (Lipinski definition) is 2. The van der Waals surface area contributed by atoms with Crippen LogP contribution in [0, 0.1) is 6.92 Å². The molecular weight excluding hydrogens is 218 g/mol. The highest BCUT2D eigenvalue weighted by Crippen LogP contribution is 2.23. The summed E-state index contributed by atoms with van der Waals surface area (Å²) in [6.45, 7) is 3.36. The number of carboxylic acids is 1. The monoisotopic (exact) mass is 235 g/mol. The third-order valence-electron chi connectivity index (χ3n) is 3.01. The molecule has 0 radical (unpaired) electrons. The highest BCUT2D eigenvalue weighted by Gasteiger charge is 2.18. The standard InChI is InChI=1S/C13H17NO3/c1-9-4-2-6-11(13(15)16)12(9)14-10-5-3-7-17-8-10/h2,4,6,10,14H,3,5,7-8H2,1H3,(H,15,16). The van der Waals surface area contributed by atoms with Crippen LogP contribution in [0.15, 0.2) is 18.2 Å². The summed E-state index contributed by atoms with van der Waals surface area (Å²) in [6, 6.07) is 5.52. The van der Waals surface area contributed by atoms with Gasteiger partial charge in [0.25, 0.3) is 0 Å². The fourth-order valence-electron chi connectivity index (χ4n) is 2.10. The van der Waals surface area contributed by atoms with Gasteiger partial charge in [-0.1, -0.05) is 12.1 Å². The first-order chi connectivity index (χ1) is 8.18. The summed E-state index contributed by atoms with van der Waals surface area (Å²) in [6.07, 6.45) is 2.04. The summed E-state index contributed by atoms with van der Waals surface area (Å²) < 4.78 is 5.38. The van der Waals surface area contributed by atoms with Crippen LogP contribution in [0.2, 0.25) is 0 Å². The summed E-state index contributed by atoms with van der Waals surface area (Å²) in [5.41, 5.74) is 2.00. The number of nitrogens with one attached hydrogen (secondary N) is 1. The molecule has 0 bridgehead atoms. The molecule has 0 aliphatic carbocycles. The van der Waals surface area contributed by atoms with Crippen molar-refractivity contribution in [3.05, 3.63) is 29.3 Å². The third-order valence-corrected chi connectivity index (χ3v) is 3.01. The van der Waals surface area contributed by atoms with Crippen molar-refractivity contribution >= 4 is 11.7 Å². The summed E-state index contributed by atoms with van der Waals surface area (Å²) in [5.74, 6) is -0.895. The lowest BCUT2D eigenvalue weighted by Gasteiger charge is -2.25. The second kappa shape index (κ2) is 5.19. The Morgan fingerprint density at radius 1 is 1.53 bits per heavy atom. The van der Waals surface area contributed by atoms with E-state index in [1.807, 2.05) is 13.0 Å². The van der Waals surface area contributed by atoms with Crippen LogP contribution < -0.4 is 5.32 Å². The van der Waals surface area contributed by atoms with Gasteiger partial charge in [0.15, 0.2) is 0 Å². The molecule has 1 aliphatic heterocycles. The lowest BCUT2D eigenvalue weighted by Crippen LogP contribution is -2.31. The smallest absolute Gasteiger partial charge is 0.337 e. The molecule has 1 aliphatic rings. The van der Waals surface area contributed by atoms with E-state index in [0.29, 0.717) is 12.2 Å². The quantitative estimate of drug-likeness (QED) is 0.843. The van der Waals surface area contributed by atoms with E-state index in [9.17, 15) is 4.79 Å². The van der Waals surface area contributed by atoms with Crippen LogP contribution in [0.4, 0.5) is 5.69 Å². The maximum atomic E-state index is 11.1. The van der Waals surface area contributed by atoms with Crippen molar-refractivity contribution < 1.29 is 14.6 Å². The predicted molar refractivity (Wildman–Crippen MR) is 65.6 cm³/mol. The number of rotatable bonds is 3. The highest BCUT2D eigenvalue weighted by molar-refractivity contribution is 5.95. The Hall–Kier alpha value is -1.55. The van der Waals surface area contributed by atoms with Crippen molar-refractivity contribution in [2.45, 2.75) is 25.8 Å². The van der Waals surface area contributed by atoms with E-state index in [1.54, 1.807) is 12.1 Å². The normalized spacial score (nSPS) is 19.9. The van der Waals surface area contributed by atoms with E-state index in [2.05, 4.69) is 5.32 Å². The minimum atomic E-state index is -0.895. The number of carboxylic acid groups (broad SMARTS) is 1. The molecule has 1 atom stereocenters. The Bertz CT molecular complexity index is 411. The molecule has 1 unspecified atom stereocenters. The maximum absolute atomic E-state index is 11.1. The minimum Gasteiger partial charge on any atom is -0.478 e. The van der Waals surface area contributed by atoms with Crippen molar-refractivity contribution in [3.63, 3.8) is 0 Å². The Labute approximate surface area is 101 Å². The molecule has 2 rings (SSSR count). The van der Waals surface area contributed by atoms with Crippen LogP contribution in [0.25, 0.3) is 0 Å². The van der Waals surface area contributed by atoms with Crippen molar-refractivity contribution in [2.24, 2.45) is 0 Å². The summed E-state index contributed by atoms with van der Waals surface area (Å²) >= 11 is 0. The van der Waals surface area contributed by atoms with Crippen molar-refractivity contribution in [1.82, 2.24) is 0 Å². The second-order valence-electron chi connectivity index (χ2n) is 4.36. The molecule has 0 spiro atoms. The van der Waals surface area contributed by atoms with Gasteiger partial charge >= 0.3 is 5.97 Å². The molecule has 4 heteroatoms. The Balaban J connectivity index is 2.21. The zero-order chi connectivity index (χ0) is 12.3. The Kier molecular flexibility index (Phi) is 3.64. The van der Waals surface area contributed by atoms with Gasteiger partial charge in [-0.15, -0.1) is 0 Å². The molecule has 1 saturated heterocycles. The second-order valence-corrected chi connectivity index (χ2v) is 4.36. The van der Waals surface area contributed by atoms with Crippen LogP contribution in [-0.4, -0.2) is 30.3 Å². The van der Waals surface area contributed by atoms with E-state index in [-0.39, 0.29) is 6.04 Å². The van der Waals surface area contributed by atoms with Gasteiger partial charge in [0.05, 0.1) is 17.9 Å². The van der Waals surface area contributed by atoms with Crippen molar-refractivity contribution in [1.29, 1.82) is 0 Å². The number of carbonyl (C=O) groups is 1. The average Bonchev–Trinajstić information content (AvgIpc) is 2.33. The van der Waals surface area contributed by atoms with Crippen LogP contribution in [0.5, 0.6) is 0 Å². The van der Waals surface area contributed by atoms with Crippen LogP contribution >= 0.6 is 0 Å².